The van der Waals surface area contributed by atoms with Crippen molar-refractivity contribution in [2.75, 3.05) is 5.75 Å². The predicted molar refractivity (Wildman–Crippen MR) is 125 cm³/mol. The Morgan fingerprint density at radius 2 is 1.88 bits per heavy atom. The minimum Gasteiger partial charge on any atom is -0.461 e. The van der Waals surface area contributed by atoms with Crippen molar-refractivity contribution in [1.29, 1.82) is 0 Å². The number of hydrogen-bond donors (Lipinski definition) is 3. The largest absolute Gasteiger partial charge is 0.461 e. The van der Waals surface area contributed by atoms with E-state index in [0.29, 0.717) is 11.3 Å². The highest BCUT2D eigenvalue weighted by Crippen LogP contribution is 2.33. The molecule has 1 heterocycles. The number of rotatable bonds is 9. The van der Waals surface area contributed by atoms with E-state index in [9.17, 15) is 17.4 Å². The number of hydrogen-bond acceptors (Lipinski definition) is 6. The summed E-state index contributed by atoms with van der Waals surface area (Å²) in [4.78, 5) is 12.1. The number of furan rings is 1. The lowest BCUT2D eigenvalue weighted by Gasteiger charge is -2.17. The van der Waals surface area contributed by atoms with Crippen LogP contribution in [-0.2, 0) is 44.2 Å². The molecular weight excluding hydrogens is 464 g/mol. The van der Waals surface area contributed by atoms with E-state index in [4.69, 9.17) is 9.62 Å². The van der Waals surface area contributed by atoms with Crippen LogP contribution < -0.4 is 10.2 Å². The third-order valence-corrected chi connectivity index (χ3v) is 8.58. The summed E-state index contributed by atoms with van der Waals surface area (Å²) >= 11 is 0. The Morgan fingerprint density at radius 1 is 1.12 bits per heavy atom. The van der Waals surface area contributed by atoms with Gasteiger partial charge in [-0.3, -0.25) is 14.2 Å². The third-order valence-electron chi connectivity index (χ3n) is 5.77. The van der Waals surface area contributed by atoms with Crippen molar-refractivity contribution >= 4 is 37.7 Å². The van der Waals surface area contributed by atoms with Gasteiger partial charge in [0.25, 0.3) is 5.91 Å². The molecule has 4 rings (SSSR count). The fraction of sp³-hybridized carbons (Fsp3) is 0.348. The highest BCUT2D eigenvalue weighted by Gasteiger charge is 2.27. The van der Waals surface area contributed by atoms with E-state index in [1.807, 2.05) is 30.3 Å². The summed E-state index contributed by atoms with van der Waals surface area (Å²) in [6.45, 7) is 0. The molecule has 176 valence electrons. The van der Waals surface area contributed by atoms with Crippen LogP contribution in [0.3, 0.4) is 0 Å². The number of nitrogens with one attached hydrogen (secondary N) is 2. The number of amides is 1. The Labute approximate surface area is 194 Å². The second-order valence-corrected chi connectivity index (χ2v) is 11.4. The van der Waals surface area contributed by atoms with Crippen molar-refractivity contribution < 1.29 is 27.0 Å². The average molecular weight is 491 g/mol. The van der Waals surface area contributed by atoms with Crippen LogP contribution in [0.25, 0.3) is 11.0 Å². The number of sulfonamides is 1. The average Bonchev–Trinajstić information content (AvgIpc) is 3.20. The van der Waals surface area contributed by atoms with E-state index in [1.54, 1.807) is 6.07 Å². The van der Waals surface area contributed by atoms with Crippen molar-refractivity contribution in [2.45, 2.75) is 48.8 Å². The maximum Gasteiger partial charge on any atom is 0.261 e. The molecule has 1 aliphatic rings. The first-order valence-corrected chi connectivity index (χ1v) is 13.7. The summed E-state index contributed by atoms with van der Waals surface area (Å²) in [5.74, 6) is 0.363. The van der Waals surface area contributed by atoms with Gasteiger partial charge in [-0.15, -0.1) is 0 Å². The number of benzene rings is 2. The molecule has 2 atom stereocenters. The molecule has 33 heavy (non-hydrogen) atoms. The van der Waals surface area contributed by atoms with E-state index in [1.165, 1.54) is 17.6 Å². The Balaban J connectivity index is 1.48. The van der Waals surface area contributed by atoms with Crippen LogP contribution >= 0.6 is 0 Å². The van der Waals surface area contributed by atoms with E-state index in [0.717, 1.165) is 48.0 Å². The van der Waals surface area contributed by atoms with Crippen molar-refractivity contribution in [2.24, 2.45) is 0 Å². The van der Waals surface area contributed by atoms with Crippen molar-refractivity contribution in [3.8, 4) is 0 Å². The lowest BCUT2D eigenvalue weighted by molar-refractivity contribution is -0.130. The lowest BCUT2D eigenvalue weighted by Crippen LogP contribution is -2.46. The van der Waals surface area contributed by atoms with Gasteiger partial charge in [0.2, 0.25) is 10.0 Å². The van der Waals surface area contributed by atoms with Gasteiger partial charge in [0.15, 0.2) is 0 Å². The SMILES string of the molecule is O=C(NO)C(CCS(=O)Cc1ccccc1)NS(=O)(=O)c1ccc2c3c(oc2c1)CCCC3. The van der Waals surface area contributed by atoms with E-state index >= 15 is 0 Å². The number of hydroxylamine groups is 1. The Morgan fingerprint density at radius 3 is 2.64 bits per heavy atom. The summed E-state index contributed by atoms with van der Waals surface area (Å²) in [5, 5.41) is 9.99. The molecule has 2 aromatic carbocycles. The van der Waals surface area contributed by atoms with E-state index < -0.39 is 32.8 Å². The molecule has 0 radical (unpaired) electrons. The summed E-state index contributed by atoms with van der Waals surface area (Å²) in [6, 6.07) is 12.6. The molecule has 0 saturated carbocycles. The molecule has 8 nitrogen and oxygen atoms in total. The molecule has 0 aliphatic heterocycles. The molecule has 0 saturated heterocycles. The second-order valence-electron chi connectivity index (χ2n) is 8.08. The highest BCUT2D eigenvalue weighted by molar-refractivity contribution is 7.89. The Bertz CT molecular complexity index is 1270. The zero-order valence-electron chi connectivity index (χ0n) is 18.0. The quantitative estimate of drug-likeness (QED) is 0.313. The fourth-order valence-corrected chi connectivity index (χ4v) is 6.52. The molecule has 3 aromatic rings. The molecule has 0 fully saturated rings. The summed E-state index contributed by atoms with van der Waals surface area (Å²) in [7, 11) is -5.40. The number of aryl methyl sites for hydroxylation is 2. The monoisotopic (exact) mass is 490 g/mol. The number of carbonyl (C=O) groups is 1. The number of carbonyl (C=O) groups excluding carboxylic acids is 1. The Hall–Kier alpha value is -2.53. The van der Waals surface area contributed by atoms with Gasteiger partial charge in [-0.2, -0.15) is 4.72 Å². The van der Waals surface area contributed by atoms with Crippen LogP contribution in [0.2, 0.25) is 0 Å². The first kappa shape index (κ1) is 23.6. The van der Waals surface area contributed by atoms with Crippen molar-refractivity contribution in [1.82, 2.24) is 10.2 Å². The number of fused-ring (bicyclic) bond motifs is 3. The van der Waals surface area contributed by atoms with Crippen LogP contribution in [-0.4, -0.2) is 35.5 Å². The van der Waals surface area contributed by atoms with E-state index in [-0.39, 0.29) is 17.1 Å². The molecule has 1 aliphatic carbocycles. The molecule has 2 unspecified atom stereocenters. The summed E-state index contributed by atoms with van der Waals surface area (Å²) < 4.78 is 46.6. The van der Waals surface area contributed by atoms with E-state index in [2.05, 4.69) is 4.72 Å². The van der Waals surface area contributed by atoms with Crippen molar-refractivity contribution in [3.63, 3.8) is 0 Å². The van der Waals surface area contributed by atoms with Crippen LogP contribution in [0.1, 0.15) is 36.1 Å². The first-order valence-electron chi connectivity index (χ1n) is 10.8. The maximum absolute atomic E-state index is 13.0. The maximum atomic E-state index is 13.0. The lowest BCUT2D eigenvalue weighted by atomic mass is 9.96. The minimum atomic E-state index is -4.10. The molecule has 10 heteroatoms. The molecule has 1 amide bonds. The van der Waals surface area contributed by atoms with Crippen molar-refractivity contribution in [3.05, 3.63) is 65.4 Å². The van der Waals surface area contributed by atoms with Gasteiger partial charge >= 0.3 is 0 Å². The smallest absolute Gasteiger partial charge is 0.261 e. The van der Waals surface area contributed by atoms with Gasteiger partial charge in [-0.05, 0) is 43.4 Å². The van der Waals surface area contributed by atoms with Gasteiger partial charge in [-0.1, -0.05) is 30.3 Å². The molecular formula is C23H26N2O6S2. The van der Waals surface area contributed by atoms with Gasteiger partial charge in [0, 0.05) is 45.7 Å². The van der Waals surface area contributed by atoms with Crippen LogP contribution in [0.5, 0.6) is 0 Å². The van der Waals surface area contributed by atoms with Crippen LogP contribution in [0, 0.1) is 0 Å². The van der Waals surface area contributed by atoms with Gasteiger partial charge in [-0.25, -0.2) is 13.9 Å². The van der Waals surface area contributed by atoms with Gasteiger partial charge in [0.05, 0.1) is 4.90 Å². The zero-order chi connectivity index (χ0) is 23.4. The van der Waals surface area contributed by atoms with Gasteiger partial charge in [0.1, 0.15) is 17.4 Å². The zero-order valence-corrected chi connectivity index (χ0v) is 19.6. The predicted octanol–water partition coefficient (Wildman–Crippen LogP) is 2.80. The first-order chi connectivity index (χ1) is 15.9. The second kappa shape index (κ2) is 10.2. The Kier molecular flexibility index (Phi) is 7.28. The standard InChI is InChI=1S/C23H26N2O6S2/c26-23(24-27)20(12-13-32(28)15-16-6-2-1-3-7-16)25-33(29,30)17-10-11-19-18-8-4-5-9-21(18)31-22(19)14-17/h1-3,6-7,10-11,14,20,25,27H,4-5,8-9,12-13,15H2,(H,24,26). The molecule has 0 spiro atoms. The van der Waals surface area contributed by atoms with Crippen LogP contribution in [0.15, 0.2) is 57.8 Å². The molecule has 0 bridgehead atoms. The molecule has 3 N–H and O–H groups in total. The van der Waals surface area contributed by atoms with Crippen LogP contribution in [0.4, 0.5) is 0 Å². The minimum absolute atomic E-state index is 0.0393. The summed E-state index contributed by atoms with van der Waals surface area (Å²) in [6.07, 6.45) is 3.83. The topological polar surface area (TPSA) is 126 Å². The highest BCUT2D eigenvalue weighted by atomic mass is 32.2. The van der Waals surface area contributed by atoms with Gasteiger partial charge < -0.3 is 4.42 Å². The normalized spacial score (nSPS) is 15.7. The summed E-state index contributed by atoms with van der Waals surface area (Å²) in [5.41, 5.74) is 4.00. The fourth-order valence-electron chi connectivity index (χ4n) is 4.07. The molecule has 1 aromatic heterocycles. The third kappa shape index (κ3) is 5.52.